The Labute approximate surface area is 137 Å². The van der Waals surface area contributed by atoms with Gasteiger partial charge in [-0.1, -0.05) is 12.1 Å². The molecule has 2 aromatic carbocycles. The van der Waals surface area contributed by atoms with Gasteiger partial charge < -0.3 is 15.4 Å². The lowest BCUT2D eigenvalue weighted by Crippen LogP contribution is -2.28. The van der Waals surface area contributed by atoms with E-state index in [0.29, 0.717) is 16.8 Å². The van der Waals surface area contributed by atoms with Crippen LogP contribution in [0.4, 0.5) is 19.3 Å². The smallest absolute Gasteiger partial charge is 0.338 e. The minimum atomic E-state index is -0.975. The van der Waals surface area contributed by atoms with E-state index in [-0.39, 0.29) is 13.2 Å². The quantitative estimate of drug-likeness (QED) is 0.823. The fourth-order valence-electron chi connectivity index (χ4n) is 1.95. The third-order valence-corrected chi connectivity index (χ3v) is 3.07. The summed E-state index contributed by atoms with van der Waals surface area (Å²) in [6, 6.07) is 9.11. The molecule has 0 heterocycles. The Morgan fingerprint density at radius 1 is 1.08 bits per heavy atom. The summed E-state index contributed by atoms with van der Waals surface area (Å²) in [7, 11) is 0. The molecule has 0 unspecified atom stereocenters. The zero-order valence-electron chi connectivity index (χ0n) is 12.9. The number of esters is 1. The highest BCUT2D eigenvalue weighted by Gasteiger charge is 2.09. The SMILES string of the molecule is CCOC(=O)c1cccc(NC(=O)NCc2ccc(F)c(F)c2)c1. The van der Waals surface area contributed by atoms with Crippen molar-refractivity contribution < 1.29 is 23.1 Å². The lowest BCUT2D eigenvalue weighted by Gasteiger charge is -2.09. The second-order valence-corrected chi connectivity index (χ2v) is 4.86. The molecule has 0 fully saturated rings. The molecule has 2 N–H and O–H groups in total. The van der Waals surface area contributed by atoms with Gasteiger partial charge in [0.15, 0.2) is 11.6 Å². The van der Waals surface area contributed by atoms with Gasteiger partial charge in [0.1, 0.15) is 0 Å². The van der Waals surface area contributed by atoms with Crippen molar-refractivity contribution in [2.75, 3.05) is 11.9 Å². The van der Waals surface area contributed by atoms with Crippen LogP contribution in [-0.2, 0) is 11.3 Å². The van der Waals surface area contributed by atoms with Gasteiger partial charge in [-0.2, -0.15) is 0 Å². The number of ether oxygens (including phenoxy) is 1. The first-order valence-electron chi connectivity index (χ1n) is 7.25. The minimum Gasteiger partial charge on any atom is -0.462 e. The number of carbonyl (C=O) groups excluding carboxylic acids is 2. The number of amides is 2. The molecule has 5 nitrogen and oxygen atoms in total. The van der Waals surface area contributed by atoms with Crippen molar-refractivity contribution in [3.8, 4) is 0 Å². The molecule has 0 aliphatic heterocycles. The average molecular weight is 334 g/mol. The molecule has 126 valence electrons. The van der Waals surface area contributed by atoms with Gasteiger partial charge in [0.25, 0.3) is 0 Å². The maximum Gasteiger partial charge on any atom is 0.338 e. The summed E-state index contributed by atoms with van der Waals surface area (Å²) >= 11 is 0. The Bertz CT molecular complexity index is 750. The molecule has 0 radical (unpaired) electrons. The van der Waals surface area contributed by atoms with E-state index in [0.717, 1.165) is 12.1 Å². The zero-order chi connectivity index (χ0) is 17.5. The fourth-order valence-corrected chi connectivity index (χ4v) is 1.95. The number of anilines is 1. The summed E-state index contributed by atoms with van der Waals surface area (Å²) in [6.45, 7) is 1.98. The lowest BCUT2D eigenvalue weighted by atomic mass is 10.2. The Morgan fingerprint density at radius 2 is 1.88 bits per heavy atom. The van der Waals surface area contributed by atoms with Crippen LogP contribution in [0.3, 0.4) is 0 Å². The third-order valence-electron chi connectivity index (χ3n) is 3.07. The van der Waals surface area contributed by atoms with Gasteiger partial charge in [-0.25, -0.2) is 18.4 Å². The van der Waals surface area contributed by atoms with Gasteiger partial charge >= 0.3 is 12.0 Å². The topological polar surface area (TPSA) is 67.4 Å². The van der Waals surface area contributed by atoms with Gasteiger partial charge in [0.05, 0.1) is 12.2 Å². The van der Waals surface area contributed by atoms with Crippen molar-refractivity contribution in [3.63, 3.8) is 0 Å². The van der Waals surface area contributed by atoms with Gasteiger partial charge in [-0.3, -0.25) is 0 Å². The van der Waals surface area contributed by atoms with Crippen LogP contribution in [0, 0.1) is 11.6 Å². The van der Waals surface area contributed by atoms with Crippen LogP contribution in [0.15, 0.2) is 42.5 Å². The summed E-state index contributed by atoms with van der Waals surface area (Å²) < 4.78 is 30.8. The number of benzene rings is 2. The van der Waals surface area contributed by atoms with Crippen molar-refractivity contribution in [2.45, 2.75) is 13.5 Å². The molecule has 0 aromatic heterocycles. The molecule has 0 saturated heterocycles. The van der Waals surface area contributed by atoms with Crippen LogP contribution in [0.1, 0.15) is 22.8 Å². The van der Waals surface area contributed by atoms with E-state index in [1.54, 1.807) is 25.1 Å². The average Bonchev–Trinajstić information content (AvgIpc) is 2.56. The molecule has 2 amide bonds. The van der Waals surface area contributed by atoms with Crippen molar-refractivity contribution in [1.82, 2.24) is 5.32 Å². The van der Waals surface area contributed by atoms with E-state index in [4.69, 9.17) is 4.74 Å². The van der Waals surface area contributed by atoms with Crippen LogP contribution in [0.2, 0.25) is 0 Å². The predicted octanol–water partition coefficient (Wildman–Crippen LogP) is 3.46. The number of hydrogen-bond donors (Lipinski definition) is 2. The molecule has 7 heteroatoms. The van der Waals surface area contributed by atoms with E-state index < -0.39 is 23.6 Å². The summed E-state index contributed by atoms with van der Waals surface area (Å²) in [6.07, 6.45) is 0. The third kappa shape index (κ3) is 4.77. The maximum absolute atomic E-state index is 13.1. The molecule has 2 rings (SSSR count). The maximum atomic E-state index is 13.1. The van der Waals surface area contributed by atoms with Crippen LogP contribution >= 0.6 is 0 Å². The van der Waals surface area contributed by atoms with Crippen molar-refractivity contribution >= 4 is 17.7 Å². The molecular formula is C17H16F2N2O3. The van der Waals surface area contributed by atoms with Crippen LogP contribution in [0.25, 0.3) is 0 Å². The Kier molecular flexibility index (Phi) is 5.83. The number of nitrogens with one attached hydrogen (secondary N) is 2. The summed E-state index contributed by atoms with van der Waals surface area (Å²) in [5.41, 5.74) is 1.14. The van der Waals surface area contributed by atoms with Gasteiger partial charge in [0.2, 0.25) is 0 Å². The van der Waals surface area contributed by atoms with E-state index in [1.807, 2.05) is 0 Å². The van der Waals surface area contributed by atoms with Crippen LogP contribution < -0.4 is 10.6 Å². The number of urea groups is 1. The van der Waals surface area contributed by atoms with E-state index >= 15 is 0 Å². The number of halogens is 2. The van der Waals surface area contributed by atoms with E-state index in [1.165, 1.54) is 12.1 Å². The molecule has 0 bridgehead atoms. The highest BCUT2D eigenvalue weighted by molar-refractivity contribution is 5.93. The van der Waals surface area contributed by atoms with Gasteiger partial charge in [-0.05, 0) is 42.8 Å². The number of hydrogen-bond acceptors (Lipinski definition) is 3. The molecule has 24 heavy (non-hydrogen) atoms. The first-order valence-corrected chi connectivity index (χ1v) is 7.25. The van der Waals surface area contributed by atoms with E-state index in [9.17, 15) is 18.4 Å². The van der Waals surface area contributed by atoms with E-state index in [2.05, 4.69) is 10.6 Å². The summed E-state index contributed by atoms with van der Waals surface area (Å²) in [4.78, 5) is 23.5. The summed E-state index contributed by atoms with van der Waals surface area (Å²) in [5.74, 6) is -2.40. The first-order chi connectivity index (χ1) is 11.5. The van der Waals surface area contributed by atoms with Crippen LogP contribution in [0.5, 0.6) is 0 Å². The molecule has 0 atom stereocenters. The predicted molar refractivity (Wildman–Crippen MR) is 84.6 cm³/mol. The van der Waals surface area contributed by atoms with Crippen molar-refractivity contribution in [3.05, 3.63) is 65.2 Å². The molecular weight excluding hydrogens is 318 g/mol. The monoisotopic (exact) mass is 334 g/mol. The van der Waals surface area contributed by atoms with Crippen LogP contribution in [-0.4, -0.2) is 18.6 Å². The second-order valence-electron chi connectivity index (χ2n) is 4.86. The molecule has 0 aliphatic rings. The minimum absolute atomic E-state index is 0.0284. The second kappa shape index (κ2) is 8.05. The largest absolute Gasteiger partial charge is 0.462 e. The summed E-state index contributed by atoms with van der Waals surface area (Å²) in [5, 5.41) is 5.06. The fraction of sp³-hybridized carbons (Fsp3) is 0.176. The van der Waals surface area contributed by atoms with Crippen molar-refractivity contribution in [2.24, 2.45) is 0 Å². The molecule has 0 saturated carbocycles. The first kappa shape index (κ1) is 17.4. The Hall–Kier alpha value is -2.96. The highest BCUT2D eigenvalue weighted by Crippen LogP contribution is 2.12. The number of rotatable bonds is 5. The number of carbonyl (C=O) groups is 2. The van der Waals surface area contributed by atoms with Gasteiger partial charge in [0, 0.05) is 12.2 Å². The van der Waals surface area contributed by atoms with Gasteiger partial charge in [-0.15, -0.1) is 0 Å². The Balaban J connectivity index is 1.93. The zero-order valence-corrected chi connectivity index (χ0v) is 12.9. The lowest BCUT2D eigenvalue weighted by molar-refractivity contribution is 0.0526. The van der Waals surface area contributed by atoms with Crippen molar-refractivity contribution in [1.29, 1.82) is 0 Å². The molecule has 0 spiro atoms. The standard InChI is InChI=1S/C17H16F2N2O3/c1-2-24-16(22)12-4-3-5-13(9-12)21-17(23)20-10-11-6-7-14(18)15(19)8-11/h3-9H,2,10H2,1H3,(H2,20,21,23). The molecule has 2 aromatic rings. The normalized spacial score (nSPS) is 10.1. The Morgan fingerprint density at radius 3 is 2.58 bits per heavy atom. The highest BCUT2D eigenvalue weighted by atomic mass is 19.2. The molecule has 0 aliphatic carbocycles.